The van der Waals surface area contributed by atoms with Crippen molar-refractivity contribution < 1.29 is 22.3 Å². The Bertz CT molecular complexity index is 758. The summed E-state index contributed by atoms with van der Waals surface area (Å²) < 4.78 is 48.8. The molecule has 2 aromatic rings. The summed E-state index contributed by atoms with van der Waals surface area (Å²) in [5.41, 5.74) is -0.875. The fraction of sp³-hybridized carbons (Fsp3) is 0.556. The first kappa shape index (κ1) is 21.6. The normalized spacial score (nSPS) is 16.2. The monoisotopic (exact) mass is 431 g/mol. The second-order valence-corrected chi connectivity index (χ2v) is 7.37. The number of ether oxygens (including phenoxy) is 1. The van der Waals surface area contributed by atoms with Crippen molar-refractivity contribution in [1.82, 2.24) is 20.5 Å². The highest BCUT2D eigenvalue weighted by molar-refractivity contribution is 7.09. The first-order valence-electron chi connectivity index (χ1n) is 9.37. The first-order chi connectivity index (χ1) is 14.0. The lowest BCUT2D eigenvalue weighted by molar-refractivity contribution is -0.140. The number of hydrogen-bond acceptors (Lipinski definition) is 6. The van der Waals surface area contributed by atoms with Gasteiger partial charge in [0.15, 0.2) is 11.7 Å². The number of furan rings is 1. The van der Waals surface area contributed by atoms with Crippen molar-refractivity contribution in [2.24, 2.45) is 4.99 Å². The lowest BCUT2D eigenvalue weighted by Crippen LogP contribution is -2.44. The molecule has 11 heteroatoms. The van der Waals surface area contributed by atoms with Gasteiger partial charge < -0.3 is 19.8 Å². The Morgan fingerprint density at radius 3 is 2.72 bits per heavy atom. The van der Waals surface area contributed by atoms with Crippen LogP contribution in [0.25, 0.3) is 0 Å². The van der Waals surface area contributed by atoms with Gasteiger partial charge in [-0.3, -0.25) is 4.90 Å². The molecular formula is C18H24F3N5O2S. The van der Waals surface area contributed by atoms with Gasteiger partial charge in [0.2, 0.25) is 0 Å². The van der Waals surface area contributed by atoms with Gasteiger partial charge in [-0.25, -0.2) is 9.98 Å². The van der Waals surface area contributed by atoms with Gasteiger partial charge in [-0.2, -0.15) is 13.2 Å². The molecule has 1 saturated heterocycles. The van der Waals surface area contributed by atoms with Crippen LogP contribution in [0.3, 0.4) is 0 Å². The fourth-order valence-electron chi connectivity index (χ4n) is 2.75. The number of nitrogens with zero attached hydrogens (tertiary/aromatic N) is 3. The lowest BCUT2D eigenvalue weighted by atomic mass is 10.3. The van der Waals surface area contributed by atoms with E-state index >= 15 is 0 Å². The van der Waals surface area contributed by atoms with Gasteiger partial charge in [-0.15, -0.1) is 11.3 Å². The van der Waals surface area contributed by atoms with Gasteiger partial charge in [0.25, 0.3) is 0 Å². The largest absolute Gasteiger partial charge is 0.469 e. The van der Waals surface area contributed by atoms with Crippen molar-refractivity contribution in [3.8, 4) is 0 Å². The summed E-state index contributed by atoms with van der Waals surface area (Å²) in [5, 5.41) is 7.76. The van der Waals surface area contributed by atoms with E-state index in [1.54, 1.807) is 6.26 Å². The molecule has 0 radical (unpaired) electrons. The highest BCUT2D eigenvalue weighted by Crippen LogP contribution is 2.30. The number of thiazole rings is 1. The molecule has 29 heavy (non-hydrogen) atoms. The van der Waals surface area contributed by atoms with Gasteiger partial charge in [0.1, 0.15) is 10.8 Å². The van der Waals surface area contributed by atoms with E-state index in [-0.39, 0.29) is 6.54 Å². The standard InChI is InChI=1S/C18H24F3N5O2S/c19-18(20,21)15-13-29-16(25-15)12-24-17(22-4-3-14-2-1-9-28-14)23-5-6-26-7-10-27-11-8-26/h1-2,9,13H,3-8,10-12H2,(H2,22,23,24). The molecule has 2 N–H and O–H groups in total. The van der Waals surface area contributed by atoms with Crippen LogP contribution in [-0.4, -0.2) is 61.8 Å². The maximum Gasteiger partial charge on any atom is 0.434 e. The Balaban J connectivity index is 1.53. The summed E-state index contributed by atoms with van der Waals surface area (Å²) in [6.45, 7) is 5.40. The molecule has 7 nitrogen and oxygen atoms in total. The SMILES string of the molecule is FC(F)(F)c1csc(CN=C(NCCc2ccco2)NCCN2CCOCC2)n1. The molecular weight excluding hydrogens is 407 g/mol. The van der Waals surface area contributed by atoms with Crippen LogP contribution in [-0.2, 0) is 23.9 Å². The molecule has 3 heterocycles. The molecule has 3 rings (SSSR count). The third kappa shape index (κ3) is 7.33. The van der Waals surface area contributed by atoms with Crippen LogP contribution in [0.15, 0.2) is 33.2 Å². The zero-order valence-corrected chi connectivity index (χ0v) is 16.7. The topological polar surface area (TPSA) is 74.9 Å². The van der Waals surface area contributed by atoms with Crippen molar-refractivity contribution in [2.75, 3.05) is 45.9 Å². The fourth-order valence-corrected chi connectivity index (χ4v) is 3.47. The third-order valence-electron chi connectivity index (χ3n) is 4.28. The Morgan fingerprint density at radius 1 is 1.24 bits per heavy atom. The van der Waals surface area contributed by atoms with Crippen LogP contribution in [0.5, 0.6) is 0 Å². The number of aliphatic imine (C=N–C) groups is 1. The zero-order valence-electron chi connectivity index (χ0n) is 15.9. The van der Waals surface area contributed by atoms with E-state index in [9.17, 15) is 13.2 Å². The van der Waals surface area contributed by atoms with Crippen molar-refractivity contribution in [3.05, 3.63) is 40.2 Å². The average molecular weight is 431 g/mol. The number of morpholine rings is 1. The molecule has 0 aromatic carbocycles. The van der Waals surface area contributed by atoms with Crippen molar-refractivity contribution in [3.63, 3.8) is 0 Å². The van der Waals surface area contributed by atoms with E-state index in [1.807, 2.05) is 12.1 Å². The predicted molar refractivity (Wildman–Crippen MR) is 104 cm³/mol. The van der Waals surface area contributed by atoms with Crippen molar-refractivity contribution >= 4 is 17.3 Å². The van der Waals surface area contributed by atoms with E-state index in [2.05, 4.69) is 25.5 Å². The lowest BCUT2D eigenvalue weighted by Gasteiger charge is -2.26. The molecule has 0 spiro atoms. The molecule has 0 saturated carbocycles. The Labute approximate surface area is 171 Å². The summed E-state index contributed by atoms with van der Waals surface area (Å²) in [6, 6.07) is 3.71. The maximum absolute atomic E-state index is 12.7. The Hall–Kier alpha value is -2.11. The van der Waals surface area contributed by atoms with Gasteiger partial charge >= 0.3 is 6.18 Å². The smallest absolute Gasteiger partial charge is 0.434 e. The number of aromatic nitrogens is 1. The van der Waals surface area contributed by atoms with Gasteiger partial charge in [0.05, 0.1) is 26.0 Å². The second kappa shape index (κ2) is 10.6. The highest BCUT2D eigenvalue weighted by Gasteiger charge is 2.33. The summed E-state index contributed by atoms with van der Waals surface area (Å²) in [4.78, 5) is 10.3. The molecule has 1 aliphatic rings. The van der Waals surface area contributed by atoms with E-state index in [1.165, 1.54) is 0 Å². The van der Waals surface area contributed by atoms with Gasteiger partial charge in [-0.1, -0.05) is 0 Å². The van der Waals surface area contributed by atoms with Crippen LogP contribution in [0.1, 0.15) is 16.5 Å². The summed E-state index contributed by atoms with van der Waals surface area (Å²) in [5.74, 6) is 1.38. The van der Waals surface area contributed by atoms with Crippen LogP contribution in [0.2, 0.25) is 0 Å². The predicted octanol–water partition coefficient (Wildman–Crippen LogP) is 2.37. The highest BCUT2D eigenvalue weighted by atomic mass is 32.1. The minimum absolute atomic E-state index is 0.0778. The van der Waals surface area contributed by atoms with E-state index in [0.717, 1.165) is 55.3 Å². The first-order valence-corrected chi connectivity index (χ1v) is 10.2. The van der Waals surface area contributed by atoms with E-state index in [0.29, 0.717) is 30.5 Å². The number of hydrogen-bond donors (Lipinski definition) is 2. The van der Waals surface area contributed by atoms with Crippen LogP contribution in [0.4, 0.5) is 13.2 Å². The minimum Gasteiger partial charge on any atom is -0.469 e. The third-order valence-corrected chi connectivity index (χ3v) is 5.12. The summed E-state index contributed by atoms with van der Waals surface area (Å²) in [6.07, 6.45) is -2.14. The number of alkyl halides is 3. The van der Waals surface area contributed by atoms with Crippen LogP contribution < -0.4 is 10.6 Å². The van der Waals surface area contributed by atoms with E-state index in [4.69, 9.17) is 9.15 Å². The van der Waals surface area contributed by atoms with Crippen molar-refractivity contribution in [1.29, 1.82) is 0 Å². The minimum atomic E-state index is -4.43. The molecule has 2 aromatic heterocycles. The molecule has 0 unspecified atom stereocenters. The summed E-state index contributed by atoms with van der Waals surface area (Å²) >= 11 is 0.956. The van der Waals surface area contributed by atoms with Crippen molar-refractivity contribution in [2.45, 2.75) is 19.1 Å². The molecule has 0 amide bonds. The molecule has 1 aliphatic heterocycles. The summed E-state index contributed by atoms with van der Waals surface area (Å²) in [7, 11) is 0. The number of rotatable bonds is 8. The van der Waals surface area contributed by atoms with Crippen LogP contribution >= 0.6 is 11.3 Å². The number of halogens is 3. The molecule has 0 bridgehead atoms. The molecule has 1 fully saturated rings. The molecule has 0 atom stereocenters. The second-order valence-electron chi connectivity index (χ2n) is 6.43. The van der Waals surface area contributed by atoms with Gasteiger partial charge in [-0.05, 0) is 12.1 Å². The Kier molecular flexibility index (Phi) is 7.90. The number of nitrogens with one attached hydrogen (secondary N) is 2. The van der Waals surface area contributed by atoms with E-state index < -0.39 is 11.9 Å². The quantitative estimate of drug-likeness (QED) is 0.494. The zero-order chi connectivity index (χ0) is 20.5. The molecule has 0 aliphatic carbocycles. The van der Waals surface area contributed by atoms with Crippen LogP contribution in [0, 0.1) is 0 Å². The molecule has 160 valence electrons. The maximum atomic E-state index is 12.7. The Morgan fingerprint density at radius 2 is 2.03 bits per heavy atom. The number of guanidine groups is 1. The average Bonchev–Trinajstić information content (AvgIpc) is 3.38. The van der Waals surface area contributed by atoms with Gasteiger partial charge in [0, 0.05) is 44.5 Å².